The first-order chi connectivity index (χ1) is 10.7. The summed E-state index contributed by atoms with van der Waals surface area (Å²) in [5, 5.41) is 0. The van der Waals surface area contributed by atoms with Gasteiger partial charge < -0.3 is 14.7 Å². The van der Waals surface area contributed by atoms with Gasteiger partial charge in [0.1, 0.15) is 11.4 Å². The SMILES string of the molecule is CCCCP.O=C1C=C(N2CC2)C(=O)C(N2CC2)=C1N1CC1. The van der Waals surface area contributed by atoms with Gasteiger partial charge in [0.25, 0.3) is 0 Å². The van der Waals surface area contributed by atoms with E-state index >= 15 is 0 Å². The number of nitrogens with zero attached hydrogens (tertiary/aromatic N) is 3. The van der Waals surface area contributed by atoms with Crippen molar-refractivity contribution in [2.45, 2.75) is 19.8 Å². The predicted octanol–water partition coefficient (Wildman–Crippen LogP) is 0.842. The summed E-state index contributed by atoms with van der Waals surface area (Å²) < 4.78 is 0. The molecule has 22 heavy (non-hydrogen) atoms. The van der Waals surface area contributed by atoms with Crippen molar-refractivity contribution in [2.24, 2.45) is 0 Å². The number of carbonyl (C=O) groups is 2. The number of hydrogen-bond acceptors (Lipinski definition) is 5. The maximum atomic E-state index is 12.4. The van der Waals surface area contributed by atoms with E-state index in [0.29, 0.717) is 17.1 Å². The van der Waals surface area contributed by atoms with Gasteiger partial charge in [-0.25, -0.2) is 0 Å². The largest absolute Gasteiger partial charge is 0.365 e. The third-order valence-electron chi connectivity index (χ3n) is 4.05. The minimum atomic E-state index is 0.00546. The van der Waals surface area contributed by atoms with E-state index in [0.717, 1.165) is 39.3 Å². The molecule has 1 atom stereocenters. The highest BCUT2D eigenvalue weighted by molar-refractivity contribution is 7.16. The number of ketones is 2. The van der Waals surface area contributed by atoms with Crippen molar-refractivity contribution in [1.82, 2.24) is 14.7 Å². The van der Waals surface area contributed by atoms with Crippen LogP contribution in [0.1, 0.15) is 19.8 Å². The summed E-state index contributed by atoms with van der Waals surface area (Å²) in [7, 11) is 2.70. The van der Waals surface area contributed by atoms with Crippen molar-refractivity contribution in [3.63, 3.8) is 0 Å². The molecule has 0 bridgehead atoms. The molecule has 1 aliphatic carbocycles. The lowest BCUT2D eigenvalue weighted by Gasteiger charge is -2.21. The molecular formula is C16H24N3O2P. The lowest BCUT2D eigenvalue weighted by Crippen LogP contribution is -2.29. The maximum Gasteiger partial charge on any atom is 0.227 e. The Bertz CT molecular complexity index is 542. The van der Waals surface area contributed by atoms with E-state index in [1.165, 1.54) is 25.1 Å². The van der Waals surface area contributed by atoms with E-state index in [1.807, 2.05) is 14.7 Å². The van der Waals surface area contributed by atoms with Gasteiger partial charge in [0.05, 0.1) is 5.70 Å². The zero-order chi connectivity index (χ0) is 15.7. The normalized spacial score (nSPS) is 22.5. The van der Waals surface area contributed by atoms with Crippen molar-refractivity contribution < 1.29 is 9.59 Å². The second-order valence-electron chi connectivity index (χ2n) is 6.02. The second kappa shape index (κ2) is 6.41. The van der Waals surface area contributed by atoms with E-state index in [9.17, 15) is 9.59 Å². The van der Waals surface area contributed by atoms with Crippen LogP contribution in [-0.4, -0.2) is 71.7 Å². The highest BCUT2D eigenvalue weighted by Crippen LogP contribution is 2.33. The molecule has 3 fully saturated rings. The van der Waals surface area contributed by atoms with E-state index in [2.05, 4.69) is 16.2 Å². The van der Waals surface area contributed by atoms with Gasteiger partial charge in [0.15, 0.2) is 0 Å². The molecule has 1 unspecified atom stereocenters. The lowest BCUT2D eigenvalue weighted by molar-refractivity contribution is -0.117. The third-order valence-corrected chi connectivity index (χ3v) is 4.45. The monoisotopic (exact) mass is 321 g/mol. The molecule has 4 rings (SSSR count). The van der Waals surface area contributed by atoms with Crippen molar-refractivity contribution in [3.05, 3.63) is 23.2 Å². The molecule has 5 nitrogen and oxygen atoms in total. The predicted molar refractivity (Wildman–Crippen MR) is 89.3 cm³/mol. The molecule has 120 valence electrons. The zero-order valence-corrected chi connectivity index (χ0v) is 14.3. The Morgan fingerprint density at radius 2 is 1.50 bits per heavy atom. The summed E-state index contributed by atoms with van der Waals surface area (Å²) in [6.07, 6.45) is 5.46. The highest BCUT2D eigenvalue weighted by atomic mass is 31.0. The van der Waals surface area contributed by atoms with Gasteiger partial charge in [-0.2, -0.15) is 0 Å². The van der Waals surface area contributed by atoms with Crippen LogP contribution < -0.4 is 0 Å². The van der Waals surface area contributed by atoms with Gasteiger partial charge in [-0.15, -0.1) is 9.24 Å². The van der Waals surface area contributed by atoms with E-state index in [-0.39, 0.29) is 11.6 Å². The van der Waals surface area contributed by atoms with Gasteiger partial charge in [0, 0.05) is 45.3 Å². The average Bonchev–Trinajstić information content (AvgIpc) is 3.37. The molecule has 0 N–H and O–H groups in total. The molecule has 0 spiro atoms. The smallest absolute Gasteiger partial charge is 0.227 e. The molecule has 0 amide bonds. The fourth-order valence-electron chi connectivity index (χ4n) is 2.48. The van der Waals surface area contributed by atoms with Crippen LogP contribution in [-0.2, 0) is 9.59 Å². The number of carbonyl (C=O) groups excluding carboxylic acids is 2. The molecule has 0 aromatic heterocycles. The number of rotatable bonds is 5. The summed E-state index contributed by atoms with van der Waals surface area (Å²) >= 11 is 0. The fraction of sp³-hybridized carbons (Fsp3) is 0.625. The van der Waals surface area contributed by atoms with Crippen molar-refractivity contribution in [2.75, 3.05) is 45.4 Å². The minimum absolute atomic E-state index is 0.00546. The molecular weight excluding hydrogens is 297 g/mol. The van der Waals surface area contributed by atoms with Crippen molar-refractivity contribution >= 4 is 20.8 Å². The molecule has 4 aliphatic rings. The number of unbranched alkanes of at least 4 members (excludes halogenated alkanes) is 1. The van der Waals surface area contributed by atoms with Crippen molar-refractivity contribution in [3.8, 4) is 0 Å². The van der Waals surface area contributed by atoms with Gasteiger partial charge in [-0.3, -0.25) is 9.59 Å². The quantitative estimate of drug-likeness (QED) is 0.426. The molecule has 0 radical (unpaired) electrons. The fourth-order valence-corrected chi connectivity index (χ4v) is 2.89. The Hall–Kier alpha value is -1.35. The Morgan fingerprint density at radius 1 is 0.955 bits per heavy atom. The Morgan fingerprint density at radius 3 is 1.91 bits per heavy atom. The third kappa shape index (κ3) is 3.35. The Balaban J connectivity index is 0.000000254. The number of Topliss-reactive ketones (excluding diaryl/α,β-unsaturated/α-hetero) is 1. The van der Waals surface area contributed by atoms with Crippen LogP contribution in [0.4, 0.5) is 0 Å². The molecule has 3 heterocycles. The van der Waals surface area contributed by atoms with E-state index in [4.69, 9.17) is 0 Å². The number of hydrogen-bond donors (Lipinski definition) is 0. The van der Waals surface area contributed by atoms with Crippen LogP contribution >= 0.6 is 9.24 Å². The van der Waals surface area contributed by atoms with Gasteiger partial charge in [-0.05, 0) is 6.16 Å². The average molecular weight is 321 g/mol. The van der Waals surface area contributed by atoms with Crippen molar-refractivity contribution in [1.29, 1.82) is 0 Å². The zero-order valence-electron chi connectivity index (χ0n) is 13.2. The van der Waals surface area contributed by atoms with Crippen LogP contribution in [0.3, 0.4) is 0 Å². The molecule has 0 aromatic carbocycles. The van der Waals surface area contributed by atoms with Gasteiger partial charge in [0.2, 0.25) is 11.6 Å². The summed E-state index contributed by atoms with van der Waals surface area (Å²) in [6, 6.07) is 0. The summed E-state index contributed by atoms with van der Waals surface area (Å²) in [5.74, 6) is 0.0485. The molecule has 3 saturated heterocycles. The van der Waals surface area contributed by atoms with E-state index in [1.54, 1.807) is 0 Å². The minimum Gasteiger partial charge on any atom is -0.365 e. The maximum absolute atomic E-state index is 12.4. The summed E-state index contributed by atoms with van der Waals surface area (Å²) in [4.78, 5) is 30.5. The first-order valence-electron chi connectivity index (χ1n) is 8.17. The van der Waals surface area contributed by atoms with Crippen LogP contribution in [0.5, 0.6) is 0 Å². The van der Waals surface area contributed by atoms with Gasteiger partial charge >= 0.3 is 0 Å². The number of allylic oxidation sites excluding steroid dienone is 1. The molecule has 3 aliphatic heterocycles. The highest BCUT2D eigenvalue weighted by Gasteiger charge is 2.43. The lowest BCUT2D eigenvalue weighted by atomic mass is 10.0. The topological polar surface area (TPSA) is 43.2 Å². The van der Waals surface area contributed by atoms with E-state index < -0.39 is 0 Å². The molecule has 6 heteroatoms. The standard InChI is InChI=1S/C12H13N3O2.C4H11P/c16-9-7-8(13-1-2-13)12(17)11(15-5-6-15)10(9)14-3-4-14;1-2-3-4-5/h7H,1-6H2;2-5H2,1H3. The van der Waals surface area contributed by atoms with Crippen LogP contribution in [0.2, 0.25) is 0 Å². The first kappa shape index (κ1) is 15.5. The van der Waals surface area contributed by atoms with Crippen LogP contribution in [0.25, 0.3) is 0 Å². The Kier molecular flexibility index (Phi) is 4.53. The summed E-state index contributed by atoms with van der Waals surface area (Å²) in [6.45, 7) is 7.60. The molecule has 0 saturated carbocycles. The summed E-state index contributed by atoms with van der Waals surface area (Å²) in [5.41, 5.74) is 1.89. The van der Waals surface area contributed by atoms with Gasteiger partial charge in [-0.1, -0.05) is 19.8 Å². The van der Waals surface area contributed by atoms with Crippen LogP contribution in [0, 0.1) is 0 Å². The Labute approximate surface area is 134 Å². The van der Waals surface area contributed by atoms with Crippen LogP contribution in [0.15, 0.2) is 23.2 Å². The second-order valence-corrected chi connectivity index (χ2v) is 6.60. The molecule has 0 aromatic rings. The first-order valence-corrected chi connectivity index (χ1v) is 8.99.